The quantitative estimate of drug-likeness (QED) is 0.0273. The molecule has 0 aromatic carbocycles. The maximum absolute atomic E-state index is 12.8. The summed E-state index contributed by atoms with van der Waals surface area (Å²) in [5.74, 6) is -2.41. The molecule has 0 aliphatic heterocycles. The van der Waals surface area contributed by atoms with Crippen molar-refractivity contribution in [3.8, 4) is 0 Å². The van der Waals surface area contributed by atoms with Gasteiger partial charge in [0.2, 0.25) is 11.8 Å². The lowest BCUT2D eigenvalue weighted by Gasteiger charge is -2.15. The van der Waals surface area contributed by atoms with Gasteiger partial charge in [-0.3, -0.25) is 14.4 Å². The molecule has 4 N–H and O–H groups in total. The molecule has 0 aliphatic rings. The van der Waals surface area contributed by atoms with E-state index in [1.807, 2.05) is 0 Å². The molecule has 59 heavy (non-hydrogen) atoms. The molecule has 2 amide bonds. The SMILES string of the molecule is CC/C=C\C/C=C\C/C=C\C/C=C\C/C=C\CCCCCCCCCC(=O)OC(/C=C\CCCCCCCCC)CCCCCCC(=O)NCC(=O)NC(CO)C(=O)O. The van der Waals surface area contributed by atoms with Gasteiger partial charge >= 0.3 is 11.9 Å². The van der Waals surface area contributed by atoms with Crippen LogP contribution in [0.2, 0.25) is 0 Å². The first-order chi connectivity index (χ1) is 28.8. The van der Waals surface area contributed by atoms with E-state index in [4.69, 9.17) is 14.9 Å². The highest BCUT2D eigenvalue weighted by molar-refractivity contribution is 5.87. The second-order valence-corrected chi connectivity index (χ2v) is 15.5. The number of unbranched alkanes of at least 4 members (excludes halogenated alkanes) is 17. The van der Waals surface area contributed by atoms with E-state index in [0.29, 0.717) is 12.8 Å². The monoisotopic (exact) mass is 825 g/mol. The fourth-order valence-electron chi connectivity index (χ4n) is 6.36. The van der Waals surface area contributed by atoms with E-state index in [0.717, 1.165) is 96.3 Å². The standard InChI is InChI=1S/C50H84N2O7/c1-3-5-7-9-11-13-14-15-16-17-18-19-20-21-22-23-24-25-26-28-30-32-38-42-49(56)59-45(39-35-31-29-27-12-10-8-6-4-2)40-36-33-34-37-41-47(54)51-43-48(55)52-46(44-53)50(57)58/h5,7,11,13,15-16,18-19,21-22,35,39,45-46,53H,3-4,6,8-10,12,14,17,20,23-34,36-38,40-44H2,1-2H3,(H,51,54)(H,52,55)(H,57,58)/b7-5-,13-11-,16-15-,19-18-,22-21-,39-35-. The number of aliphatic hydroxyl groups is 1. The minimum absolute atomic E-state index is 0.123. The van der Waals surface area contributed by atoms with Gasteiger partial charge < -0.3 is 25.6 Å². The normalized spacial score (nSPS) is 13.1. The van der Waals surface area contributed by atoms with E-state index < -0.39 is 24.5 Å². The lowest BCUT2D eigenvalue weighted by molar-refractivity contribution is -0.147. The number of carbonyl (C=O) groups is 4. The van der Waals surface area contributed by atoms with Crippen LogP contribution >= 0.6 is 0 Å². The number of esters is 1. The summed E-state index contributed by atoms with van der Waals surface area (Å²) in [5, 5.41) is 22.6. The van der Waals surface area contributed by atoms with Gasteiger partial charge in [-0.15, -0.1) is 0 Å². The van der Waals surface area contributed by atoms with Crippen LogP contribution in [0.15, 0.2) is 72.9 Å². The lowest BCUT2D eigenvalue weighted by atomic mass is 10.1. The van der Waals surface area contributed by atoms with Crippen LogP contribution < -0.4 is 10.6 Å². The number of carboxylic acid groups (broad SMARTS) is 1. The third-order valence-electron chi connectivity index (χ3n) is 9.92. The minimum Gasteiger partial charge on any atom is -0.480 e. The Hall–Kier alpha value is -3.72. The van der Waals surface area contributed by atoms with Crippen molar-refractivity contribution < 1.29 is 34.1 Å². The van der Waals surface area contributed by atoms with Crippen LogP contribution in [0, 0.1) is 0 Å². The van der Waals surface area contributed by atoms with Crippen molar-refractivity contribution in [2.75, 3.05) is 13.2 Å². The van der Waals surface area contributed by atoms with Gasteiger partial charge in [0.05, 0.1) is 13.2 Å². The molecule has 2 unspecified atom stereocenters. The third-order valence-corrected chi connectivity index (χ3v) is 9.92. The fraction of sp³-hybridized carbons (Fsp3) is 0.680. The summed E-state index contributed by atoms with van der Waals surface area (Å²) in [6.45, 7) is 3.33. The van der Waals surface area contributed by atoms with E-state index >= 15 is 0 Å². The van der Waals surface area contributed by atoms with Gasteiger partial charge in [0.15, 0.2) is 0 Å². The number of aliphatic carboxylic acids is 1. The van der Waals surface area contributed by atoms with Gasteiger partial charge in [-0.05, 0) is 89.5 Å². The summed E-state index contributed by atoms with van der Waals surface area (Å²) < 4.78 is 5.92. The molecule has 0 heterocycles. The first-order valence-electron chi connectivity index (χ1n) is 23.3. The number of ether oxygens (including phenoxy) is 1. The summed E-state index contributed by atoms with van der Waals surface area (Å²) in [6.07, 6.45) is 55.2. The summed E-state index contributed by atoms with van der Waals surface area (Å²) in [6, 6.07) is -1.39. The molecule has 2 atom stereocenters. The Morgan fingerprint density at radius 3 is 1.56 bits per heavy atom. The van der Waals surface area contributed by atoms with Crippen molar-refractivity contribution in [2.24, 2.45) is 0 Å². The van der Waals surface area contributed by atoms with E-state index in [1.165, 1.54) is 64.2 Å². The minimum atomic E-state index is -1.39. The van der Waals surface area contributed by atoms with E-state index in [1.54, 1.807) is 0 Å². The first kappa shape index (κ1) is 55.3. The number of rotatable bonds is 41. The first-order valence-corrected chi connectivity index (χ1v) is 23.3. The summed E-state index contributed by atoms with van der Waals surface area (Å²) in [7, 11) is 0. The highest BCUT2D eigenvalue weighted by Crippen LogP contribution is 2.16. The molecule has 0 fully saturated rings. The Morgan fingerprint density at radius 2 is 1.02 bits per heavy atom. The second-order valence-electron chi connectivity index (χ2n) is 15.5. The number of nitrogens with one attached hydrogen (secondary N) is 2. The smallest absolute Gasteiger partial charge is 0.328 e. The predicted molar refractivity (Wildman–Crippen MR) is 245 cm³/mol. The Balaban J connectivity index is 4.24. The predicted octanol–water partition coefficient (Wildman–Crippen LogP) is 11.9. The molecule has 0 radical (unpaired) electrons. The van der Waals surface area contributed by atoms with Gasteiger partial charge in [0.1, 0.15) is 12.1 Å². The van der Waals surface area contributed by atoms with Crippen molar-refractivity contribution in [3.05, 3.63) is 72.9 Å². The fourth-order valence-corrected chi connectivity index (χ4v) is 6.36. The molecule has 0 rings (SSSR count). The number of amides is 2. The summed E-state index contributed by atoms with van der Waals surface area (Å²) in [5.41, 5.74) is 0. The lowest BCUT2D eigenvalue weighted by Crippen LogP contribution is -2.47. The third kappa shape index (κ3) is 40.8. The Labute approximate surface area is 359 Å². The summed E-state index contributed by atoms with van der Waals surface area (Å²) in [4.78, 5) is 47.6. The van der Waals surface area contributed by atoms with Crippen LogP contribution in [-0.2, 0) is 23.9 Å². The number of allylic oxidation sites excluding steroid dienone is 11. The maximum atomic E-state index is 12.8. The summed E-state index contributed by atoms with van der Waals surface area (Å²) >= 11 is 0. The molecular formula is C50H84N2O7. The van der Waals surface area contributed by atoms with Crippen molar-refractivity contribution in [2.45, 2.75) is 206 Å². The van der Waals surface area contributed by atoms with Crippen LogP contribution in [0.5, 0.6) is 0 Å². The van der Waals surface area contributed by atoms with Gasteiger partial charge in [-0.2, -0.15) is 0 Å². The average Bonchev–Trinajstić information content (AvgIpc) is 3.22. The van der Waals surface area contributed by atoms with Crippen LogP contribution in [0.1, 0.15) is 194 Å². The largest absolute Gasteiger partial charge is 0.480 e. The highest BCUT2D eigenvalue weighted by atomic mass is 16.5. The number of hydrogen-bond acceptors (Lipinski definition) is 6. The van der Waals surface area contributed by atoms with Gasteiger partial charge in [-0.25, -0.2) is 4.79 Å². The Kier molecular flexibility index (Phi) is 41.1. The van der Waals surface area contributed by atoms with Gasteiger partial charge in [0.25, 0.3) is 0 Å². The van der Waals surface area contributed by atoms with E-state index in [9.17, 15) is 19.2 Å². The number of aliphatic hydroxyl groups excluding tert-OH is 1. The molecule has 0 aromatic heterocycles. The van der Waals surface area contributed by atoms with Crippen molar-refractivity contribution in [1.29, 1.82) is 0 Å². The van der Waals surface area contributed by atoms with Crippen LogP contribution in [0.4, 0.5) is 0 Å². The van der Waals surface area contributed by atoms with Crippen molar-refractivity contribution in [3.63, 3.8) is 0 Å². The van der Waals surface area contributed by atoms with Crippen molar-refractivity contribution >= 4 is 23.8 Å². The molecule has 0 saturated heterocycles. The molecular weight excluding hydrogens is 741 g/mol. The molecule has 0 saturated carbocycles. The zero-order valence-corrected chi connectivity index (χ0v) is 37.2. The molecule has 0 bridgehead atoms. The molecule has 9 heteroatoms. The molecule has 0 aromatic rings. The van der Waals surface area contributed by atoms with E-state index in [2.05, 4.69) is 97.4 Å². The Morgan fingerprint density at radius 1 is 0.542 bits per heavy atom. The van der Waals surface area contributed by atoms with Crippen LogP contribution in [0.3, 0.4) is 0 Å². The highest BCUT2D eigenvalue weighted by Gasteiger charge is 2.18. The maximum Gasteiger partial charge on any atom is 0.328 e. The van der Waals surface area contributed by atoms with Gasteiger partial charge in [0, 0.05) is 12.8 Å². The topological polar surface area (TPSA) is 142 Å². The Bertz CT molecular complexity index is 1220. The number of carbonyl (C=O) groups excluding carboxylic acids is 3. The molecule has 336 valence electrons. The number of hydrogen-bond donors (Lipinski definition) is 4. The van der Waals surface area contributed by atoms with E-state index in [-0.39, 0.29) is 30.9 Å². The zero-order valence-electron chi connectivity index (χ0n) is 37.2. The molecule has 0 aliphatic carbocycles. The average molecular weight is 825 g/mol. The van der Waals surface area contributed by atoms with Crippen LogP contribution in [0.25, 0.3) is 0 Å². The molecule has 0 spiro atoms. The van der Waals surface area contributed by atoms with Crippen molar-refractivity contribution in [1.82, 2.24) is 10.6 Å². The zero-order chi connectivity index (χ0) is 43.3. The number of carboxylic acids is 1. The van der Waals surface area contributed by atoms with Crippen LogP contribution in [-0.4, -0.2) is 59.3 Å². The van der Waals surface area contributed by atoms with Gasteiger partial charge in [-0.1, -0.05) is 164 Å². The second kappa shape index (κ2) is 43.8. The molecule has 9 nitrogen and oxygen atoms in total.